The standard InChI is InChI=1S/C17H21N3O6/c1-4-11-15(16(21)25-5-2)12(19-17(22)18-11)9-26-14-7-6-10(3)8-13(14)20(23)24/h6-8,11H,4-5,9H2,1-3H3,(H2,18,19,22). The zero-order chi connectivity index (χ0) is 19.3. The monoisotopic (exact) mass is 363 g/mol. The van der Waals surface area contributed by atoms with E-state index in [9.17, 15) is 19.7 Å². The van der Waals surface area contributed by atoms with Crippen LogP contribution in [0.5, 0.6) is 5.75 Å². The van der Waals surface area contributed by atoms with Gasteiger partial charge in [-0.25, -0.2) is 9.59 Å². The summed E-state index contributed by atoms with van der Waals surface area (Å²) in [5.74, 6) is -0.513. The van der Waals surface area contributed by atoms with E-state index in [4.69, 9.17) is 9.47 Å². The highest BCUT2D eigenvalue weighted by Gasteiger charge is 2.32. The zero-order valence-electron chi connectivity index (χ0n) is 14.8. The van der Waals surface area contributed by atoms with Crippen LogP contribution in [-0.4, -0.2) is 36.2 Å². The molecule has 9 heteroatoms. The fourth-order valence-corrected chi connectivity index (χ4v) is 2.62. The van der Waals surface area contributed by atoms with Crippen molar-refractivity contribution in [1.29, 1.82) is 0 Å². The molecule has 1 heterocycles. The molecule has 1 atom stereocenters. The molecule has 9 nitrogen and oxygen atoms in total. The second kappa shape index (κ2) is 8.32. The molecule has 2 rings (SSSR count). The number of hydrogen-bond acceptors (Lipinski definition) is 6. The van der Waals surface area contributed by atoms with E-state index in [1.54, 1.807) is 19.9 Å². The summed E-state index contributed by atoms with van der Waals surface area (Å²) < 4.78 is 10.6. The van der Waals surface area contributed by atoms with Gasteiger partial charge >= 0.3 is 17.7 Å². The summed E-state index contributed by atoms with van der Waals surface area (Å²) in [5, 5.41) is 16.4. The molecule has 0 aromatic heterocycles. The van der Waals surface area contributed by atoms with Crippen molar-refractivity contribution in [3.63, 3.8) is 0 Å². The summed E-state index contributed by atoms with van der Waals surface area (Å²) in [6, 6.07) is 3.57. The van der Waals surface area contributed by atoms with Crippen molar-refractivity contribution in [2.45, 2.75) is 33.2 Å². The molecule has 0 spiro atoms. The average molecular weight is 363 g/mol. The molecule has 1 aromatic carbocycles. The molecule has 2 N–H and O–H groups in total. The number of carbonyl (C=O) groups is 2. The van der Waals surface area contributed by atoms with Crippen LogP contribution >= 0.6 is 0 Å². The lowest BCUT2D eigenvalue weighted by molar-refractivity contribution is -0.385. The fraction of sp³-hybridized carbons (Fsp3) is 0.412. The van der Waals surface area contributed by atoms with Crippen LogP contribution in [0.3, 0.4) is 0 Å². The van der Waals surface area contributed by atoms with Gasteiger partial charge in [-0.05, 0) is 31.9 Å². The summed E-state index contributed by atoms with van der Waals surface area (Å²) in [7, 11) is 0. The summed E-state index contributed by atoms with van der Waals surface area (Å²) in [5.41, 5.74) is 1.02. The molecule has 2 amide bonds. The van der Waals surface area contributed by atoms with E-state index in [-0.39, 0.29) is 35.9 Å². The Bertz CT molecular complexity index is 759. The second-order valence-corrected chi connectivity index (χ2v) is 5.69. The zero-order valence-corrected chi connectivity index (χ0v) is 14.8. The molecule has 1 aromatic rings. The van der Waals surface area contributed by atoms with Gasteiger partial charge in [-0.2, -0.15) is 0 Å². The molecular weight excluding hydrogens is 342 g/mol. The third-order valence-corrected chi connectivity index (χ3v) is 3.83. The predicted octanol–water partition coefficient (Wildman–Crippen LogP) is 2.19. The average Bonchev–Trinajstić information content (AvgIpc) is 2.59. The Kier molecular flexibility index (Phi) is 6.16. The summed E-state index contributed by atoms with van der Waals surface area (Å²) >= 11 is 0. The first-order valence-electron chi connectivity index (χ1n) is 8.22. The van der Waals surface area contributed by atoms with E-state index in [1.807, 2.05) is 6.92 Å². The topological polar surface area (TPSA) is 120 Å². The van der Waals surface area contributed by atoms with Crippen LogP contribution < -0.4 is 15.4 Å². The van der Waals surface area contributed by atoms with Gasteiger partial charge in [0.1, 0.15) is 6.61 Å². The molecule has 26 heavy (non-hydrogen) atoms. The van der Waals surface area contributed by atoms with Crippen LogP contribution in [-0.2, 0) is 9.53 Å². The van der Waals surface area contributed by atoms with Gasteiger partial charge in [-0.15, -0.1) is 0 Å². The molecule has 0 bridgehead atoms. The first kappa shape index (κ1) is 19.2. The largest absolute Gasteiger partial charge is 0.480 e. The predicted molar refractivity (Wildman–Crippen MR) is 92.7 cm³/mol. The number of nitro benzene ring substituents is 1. The van der Waals surface area contributed by atoms with Gasteiger partial charge in [-0.3, -0.25) is 10.1 Å². The van der Waals surface area contributed by atoms with Crippen LogP contribution in [0, 0.1) is 17.0 Å². The lowest BCUT2D eigenvalue weighted by atomic mass is 10.0. The van der Waals surface area contributed by atoms with Crippen molar-refractivity contribution in [1.82, 2.24) is 10.6 Å². The maximum atomic E-state index is 12.3. The number of ether oxygens (including phenoxy) is 2. The van der Waals surface area contributed by atoms with Crippen molar-refractivity contribution in [2.24, 2.45) is 0 Å². The number of aryl methyl sites for hydroxylation is 1. The normalized spacial score (nSPS) is 16.6. The number of urea groups is 1. The smallest absolute Gasteiger partial charge is 0.338 e. The molecule has 0 saturated heterocycles. The van der Waals surface area contributed by atoms with E-state index in [0.717, 1.165) is 5.56 Å². The van der Waals surface area contributed by atoms with Gasteiger partial charge in [0.2, 0.25) is 0 Å². The van der Waals surface area contributed by atoms with E-state index >= 15 is 0 Å². The highest BCUT2D eigenvalue weighted by molar-refractivity contribution is 5.94. The van der Waals surface area contributed by atoms with E-state index in [1.165, 1.54) is 12.1 Å². The van der Waals surface area contributed by atoms with E-state index in [0.29, 0.717) is 6.42 Å². The Balaban J connectivity index is 2.33. The molecule has 1 unspecified atom stereocenters. The minimum atomic E-state index is -0.566. The summed E-state index contributed by atoms with van der Waals surface area (Å²) in [6.07, 6.45) is 0.482. The van der Waals surface area contributed by atoms with Crippen LogP contribution in [0.25, 0.3) is 0 Å². The molecule has 0 radical (unpaired) electrons. The second-order valence-electron chi connectivity index (χ2n) is 5.69. The van der Waals surface area contributed by atoms with Gasteiger partial charge in [-0.1, -0.05) is 13.0 Å². The number of amides is 2. The minimum Gasteiger partial charge on any atom is -0.480 e. The number of benzene rings is 1. The number of carbonyl (C=O) groups excluding carboxylic acids is 2. The first-order valence-corrected chi connectivity index (χ1v) is 8.22. The van der Waals surface area contributed by atoms with Crippen LogP contribution in [0.4, 0.5) is 10.5 Å². The maximum Gasteiger partial charge on any atom is 0.338 e. The quantitative estimate of drug-likeness (QED) is 0.435. The lowest BCUT2D eigenvalue weighted by Gasteiger charge is -2.28. The highest BCUT2D eigenvalue weighted by atomic mass is 16.6. The van der Waals surface area contributed by atoms with Gasteiger partial charge in [0.15, 0.2) is 5.75 Å². The third-order valence-electron chi connectivity index (χ3n) is 3.83. The highest BCUT2D eigenvalue weighted by Crippen LogP contribution is 2.28. The number of rotatable bonds is 7. The van der Waals surface area contributed by atoms with Crippen molar-refractivity contribution in [2.75, 3.05) is 13.2 Å². The molecule has 1 aliphatic rings. The Morgan fingerprint density at radius 1 is 1.35 bits per heavy atom. The summed E-state index contributed by atoms with van der Waals surface area (Å²) in [6.45, 7) is 5.21. The molecule has 0 fully saturated rings. The lowest BCUT2D eigenvalue weighted by Crippen LogP contribution is -2.51. The number of esters is 1. The van der Waals surface area contributed by atoms with Crippen molar-refractivity contribution >= 4 is 17.7 Å². The van der Waals surface area contributed by atoms with E-state index < -0.39 is 23.0 Å². The third kappa shape index (κ3) is 4.29. The minimum absolute atomic E-state index is 0.0529. The number of nitrogens with zero attached hydrogens (tertiary/aromatic N) is 1. The first-order chi connectivity index (χ1) is 12.4. The Hall–Kier alpha value is -3.10. The molecule has 140 valence electrons. The maximum absolute atomic E-state index is 12.3. The Morgan fingerprint density at radius 3 is 2.69 bits per heavy atom. The van der Waals surface area contributed by atoms with Crippen molar-refractivity contribution < 1.29 is 24.0 Å². The van der Waals surface area contributed by atoms with Crippen molar-refractivity contribution in [3.8, 4) is 5.75 Å². The number of nitrogens with one attached hydrogen (secondary N) is 2. The fourth-order valence-electron chi connectivity index (χ4n) is 2.62. The Labute approximate surface area is 150 Å². The summed E-state index contributed by atoms with van der Waals surface area (Å²) in [4.78, 5) is 34.8. The molecule has 0 saturated carbocycles. The van der Waals surface area contributed by atoms with E-state index in [2.05, 4.69) is 10.6 Å². The number of hydrogen-bond donors (Lipinski definition) is 2. The molecule has 0 aliphatic carbocycles. The van der Waals surface area contributed by atoms with Gasteiger partial charge in [0.25, 0.3) is 0 Å². The van der Waals surface area contributed by atoms with Gasteiger partial charge < -0.3 is 20.1 Å². The molecular formula is C17H21N3O6. The van der Waals surface area contributed by atoms with Crippen LogP contribution in [0.1, 0.15) is 25.8 Å². The number of nitro groups is 1. The van der Waals surface area contributed by atoms with Gasteiger partial charge in [0, 0.05) is 6.07 Å². The van der Waals surface area contributed by atoms with Crippen LogP contribution in [0.15, 0.2) is 29.5 Å². The van der Waals surface area contributed by atoms with Crippen LogP contribution in [0.2, 0.25) is 0 Å². The Morgan fingerprint density at radius 2 is 2.08 bits per heavy atom. The van der Waals surface area contributed by atoms with Crippen molar-refractivity contribution in [3.05, 3.63) is 45.1 Å². The van der Waals surface area contributed by atoms with Gasteiger partial charge in [0.05, 0.1) is 28.8 Å². The SMILES string of the molecule is CCOC(=O)C1=C(COc2ccc(C)cc2[N+](=O)[O-])NC(=O)NC1CC. The molecule has 1 aliphatic heterocycles.